The number of piperidine rings is 2. The number of anilines is 1. The van der Waals surface area contributed by atoms with E-state index in [1.54, 1.807) is 0 Å². The minimum atomic E-state index is -0.361. The van der Waals surface area contributed by atoms with Crippen LogP contribution in [0.1, 0.15) is 53.9 Å². The van der Waals surface area contributed by atoms with Crippen LogP contribution in [-0.2, 0) is 22.7 Å². The molecule has 3 aromatic carbocycles. The molecule has 4 N–H and O–H groups in total. The van der Waals surface area contributed by atoms with Crippen molar-refractivity contribution in [2.75, 3.05) is 18.4 Å². The first-order valence-corrected chi connectivity index (χ1v) is 16.1. The molecule has 2 fully saturated rings. The second-order valence-corrected chi connectivity index (χ2v) is 12.5. The number of nitrogens with zero attached hydrogens (tertiary/aromatic N) is 4. The van der Waals surface area contributed by atoms with Crippen LogP contribution >= 0.6 is 12.4 Å². The fourth-order valence-electron chi connectivity index (χ4n) is 6.72. The van der Waals surface area contributed by atoms with Gasteiger partial charge >= 0.3 is 0 Å². The molecule has 1 atom stereocenters. The van der Waals surface area contributed by atoms with Gasteiger partial charge in [-0.05, 0) is 109 Å². The Morgan fingerprint density at radius 3 is 2.43 bits per heavy atom. The first-order chi connectivity index (χ1) is 22.4. The zero-order valence-corrected chi connectivity index (χ0v) is 27.3. The van der Waals surface area contributed by atoms with Gasteiger partial charge in [0.25, 0.3) is 0 Å². The van der Waals surface area contributed by atoms with Crippen molar-refractivity contribution in [3.05, 3.63) is 107 Å². The average molecular weight is 650 g/mol. The summed E-state index contributed by atoms with van der Waals surface area (Å²) in [7, 11) is 0. The van der Waals surface area contributed by atoms with E-state index in [4.69, 9.17) is 10.8 Å². The van der Waals surface area contributed by atoms with Gasteiger partial charge in [0.05, 0.1) is 5.69 Å². The molecule has 10 heteroatoms. The van der Waals surface area contributed by atoms with E-state index in [0.717, 1.165) is 71.6 Å². The summed E-state index contributed by atoms with van der Waals surface area (Å²) in [5.41, 5.74) is 15.7. The lowest BCUT2D eigenvalue weighted by Gasteiger charge is -2.32. The minimum absolute atomic E-state index is 0. The first kappa shape index (κ1) is 32.4. The number of likely N-dealkylation sites (tertiary alicyclic amines) is 1. The number of halogens is 1. The third-order valence-electron chi connectivity index (χ3n) is 9.45. The van der Waals surface area contributed by atoms with Crippen LogP contribution in [0.4, 0.5) is 5.69 Å². The van der Waals surface area contributed by atoms with Gasteiger partial charge in [0, 0.05) is 43.0 Å². The number of carbonyl (C=O) groups is 2. The van der Waals surface area contributed by atoms with Gasteiger partial charge in [-0.25, -0.2) is 9.67 Å². The number of hydrogen-bond acceptors (Lipinski definition) is 7. The molecule has 0 saturated carbocycles. The molecule has 9 nitrogen and oxygen atoms in total. The SMILES string of the molecule is Cc1cc(-c2ccnc3nn(-c4ccc(CN5CCC(c6ccc(NC7CCC(=O)NC7=O)cc6)CC5)cc4)cc23)ccc1CN.Cl. The van der Waals surface area contributed by atoms with Crippen LogP contribution < -0.4 is 16.4 Å². The number of aryl methyl sites for hydroxylation is 1. The number of imide groups is 1. The maximum Gasteiger partial charge on any atom is 0.249 e. The van der Waals surface area contributed by atoms with Crippen LogP contribution in [0.2, 0.25) is 0 Å². The fraction of sp³-hybridized carbons (Fsp3) is 0.297. The van der Waals surface area contributed by atoms with E-state index in [-0.39, 0.29) is 30.3 Å². The van der Waals surface area contributed by atoms with Crippen LogP contribution in [0.3, 0.4) is 0 Å². The summed E-state index contributed by atoms with van der Waals surface area (Å²) in [6, 6.07) is 25.2. The van der Waals surface area contributed by atoms with Gasteiger partial charge in [0.15, 0.2) is 5.65 Å². The van der Waals surface area contributed by atoms with Crippen LogP contribution in [0.5, 0.6) is 0 Å². The number of pyridine rings is 1. The Kier molecular flexibility index (Phi) is 9.68. The Morgan fingerprint density at radius 2 is 1.72 bits per heavy atom. The van der Waals surface area contributed by atoms with E-state index < -0.39 is 0 Å². The number of nitrogens with two attached hydrogens (primary N) is 1. The molecule has 2 saturated heterocycles. The summed E-state index contributed by atoms with van der Waals surface area (Å²) in [5.74, 6) is 0.0837. The molecule has 4 heterocycles. The molecule has 242 valence electrons. The zero-order chi connectivity index (χ0) is 31.6. The lowest BCUT2D eigenvalue weighted by Crippen LogP contribution is -2.47. The molecule has 0 bridgehead atoms. The molecule has 2 amide bonds. The Morgan fingerprint density at radius 1 is 0.957 bits per heavy atom. The Hall–Kier alpha value is -4.57. The lowest BCUT2D eigenvalue weighted by molar-refractivity contribution is -0.133. The number of aromatic nitrogens is 3. The lowest BCUT2D eigenvalue weighted by atomic mass is 9.89. The Balaban J connectivity index is 0.00000386. The van der Waals surface area contributed by atoms with E-state index in [1.165, 1.54) is 16.7 Å². The molecule has 1 unspecified atom stereocenters. The fourth-order valence-corrected chi connectivity index (χ4v) is 6.72. The van der Waals surface area contributed by atoms with Crippen LogP contribution in [0, 0.1) is 6.92 Å². The Labute approximate surface area is 281 Å². The van der Waals surface area contributed by atoms with Crippen LogP contribution in [-0.4, -0.2) is 50.6 Å². The van der Waals surface area contributed by atoms with Gasteiger partial charge in [-0.2, -0.15) is 0 Å². The number of rotatable bonds is 8. The molecule has 0 radical (unpaired) electrons. The van der Waals surface area contributed by atoms with E-state index >= 15 is 0 Å². The Bertz CT molecular complexity index is 1880. The molecule has 47 heavy (non-hydrogen) atoms. The van der Waals surface area contributed by atoms with Crippen molar-refractivity contribution in [3.63, 3.8) is 0 Å². The molecular weight excluding hydrogens is 610 g/mol. The second kappa shape index (κ2) is 14.0. The molecule has 2 aliphatic heterocycles. The number of fused-ring (bicyclic) bond motifs is 1. The van der Waals surface area contributed by atoms with Gasteiger partial charge in [0.2, 0.25) is 11.8 Å². The first-order valence-electron chi connectivity index (χ1n) is 16.1. The summed E-state index contributed by atoms with van der Waals surface area (Å²) in [4.78, 5) is 30.5. The van der Waals surface area contributed by atoms with Crippen molar-refractivity contribution in [1.29, 1.82) is 0 Å². The molecule has 2 aromatic heterocycles. The van der Waals surface area contributed by atoms with Gasteiger partial charge in [0.1, 0.15) is 6.04 Å². The van der Waals surface area contributed by atoms with E-state index in [0.29, 0.717) is 25.3 Å². The van der Waals surface area contributed by atoms with Gasteiger partial charge in [-0.3, -0.25) is 19.8 Å². The van der Waals surface area contributed by atoms with Crippen LogP contribution in [0.25, 0.3) is 27.8 Å². The number of carbonyl (C=O) groups excluding carboxylic acids is 2. The predicted octanol–water partition coefficient (Wildman–Crippen LogP) is 5.87. The topological polar surface area (TPSA) is 118 Å². The summed E-state index contributed by atoms with van der Waals surface area (Å²) in [6.45, 7) is 5.66. The van der Waals surface area contributed by atoms with E-state index in [2.05, 4.69) is 88.2 Å². The van der Waals surface area contributed by atoms with Crippen molar-refractivity contribution in [2.24, 2.45) is 5.73 Å². The zero-order valence-electron chi connectivity index (χ0n) is 26.5. The maximum atomic E-state index is 12.1. The van der Waals surface area contributed by atoms with Crippen molar-refractivity contribution in [2.45, 2.75) is 57.7 Å². The number of amides is 2. The van der Waals surface area contributed by atoms with Crippen molar-refractivity contribution >= 4 is 40.9 Å². The quantitative estimate of drug-likeness (QED) is 0.180. The molecule has 0 spiro atoms. The molecule has 5 aromatic rings. The van der Waals surface area contributed by atoms with Gasteiger partial charge < -0.3 is 11.1 Å². The summed E-state index contributed by atoms with van der Waals surface area (Å²) in [6.07, 6.45) is 7.02. The van der Waals surface area contributed by atoms with Gasteiger partial charge in [-0.15, -0.1) is 17.5 Å². The average Bonchev–Trinajstić information content (AvgIpc) is 3.52. The number of nitrogens with one attached hydrogen (secondary N) is 2. The number of benzene rings is 3. The maximum absolute atomic E-state index is 12.1. The third-order valence-corrected chi connectivity index (χ3v) is 9.45. The third kappa shape index (κ3) is 7.07. The minimum Gasteiger partial charge on any atom is -0.374 e. The standard InChI is InChI=1S/C37H39N7O2.ClH/c1-24-20-28(4-5-29(24)21-38)32-14-17-39-36-33(32)23-44(42-36)31-10-2-25(3-11-31)22-43-18-15-27(16-19-43)26-6-8-30(9-7-26)40-34-12-13-35(45)41-37(34)46;/h2-11,14,17,20,23,27,34,40H,12-13,15-16,18-19,21-22,38H2,1H3,(H,41,45,46);1H. The highest BCUT2D eigenvalue weighted by Crippen LogP contribution is 2.31. The molecular formula is C37H40ClN7O2. The highest BCUT2D eigenvalue weighted by Gasteiger charge is 2.26. The smallest absolute Gasteiger partial charge is 0.249 e. The summed E-state index contributed by atoms with van der Waals surface area (Å²) < 4.78 is 1.92. The molecule has 7 rings (SSSR count). The summed E-state index contributed by atoms with van der Waals surface area (Å²) in [5, 5.41) is 11.5. The normalized spacial score (nSPS) is 17.4. The van der Waals surface area contributed by atoms with Crippen molar-refractivity contribution < 1.29 is 9.59 Å². The van der Waals surface area contributed by atoms with E-state index in [1.807, 2.05) is 29.1 Å². The summed E-state index contributed by atoms with van der Waals surface area (Å²) >= 11 is 0. The monoisotopic (exact) mass is 649 g/mol. The highest BCUT2D eigenvalue weighted by molar-refractivity contribution is 6.01. The predicted molar refractivity (Wildman–Crippen MR) is 188 cm³/mol. The second-order valence-electron chi connectivity index (χ2n) is 12.5. The van der Waals surface area contributed by atoms with Crippen molar-refractivity contribution in [1.82, 2.24) is 25.0 Å². The van der Waals surface area contributed by atoms with Crippen LogP contribution in [0.15, 0.2) is 85.2 Å². The highest BCUT2D eigenvalue weighted by atomic mass is 35.5. The van der Waals surface area contributed by atoms with Gasteiger partial charge in [-0.1, -0.05) is 42.5 Å². The number of hydrogen-bond donors (Lipinski definition) is 3. The molecule has 0 aliphatic carbocycles. The largest absolute Gasteiger partial charge is 0.374 e. The van der Waals surface area contributed by atoms with Crippen molar-refractivity contribution in [3.8, 4) is 16.8 Å². The molecule has 2 aliphatic rings. The van der Waals surface area contributed by atoms with E-state index in [9.17, 15) is 9.59 Å².